The van der Waals surface area contributed by atoms with E-state index in [1.54, 1.807) is 10.9 Å². The van der Waals surface area contributed by atoms with Crippen molar-refractivity contribution in [2.75, 3.05) is 6.54 Å². The van der Waals surface area contributed by atoms with Crippen LogP contribution in [0.4, 0.5) is 0 Å². The highest BCUT2D eigenvalue weighted by Crippen LogP contribution is 2.20. The summed E-state index contributed by atoms with van der Waals surface area (Å²) >= 11 is 0. The van der Waals surface area contributed by atoms with Crippen LogP contribution in [-0.2, 0) is 4.79 Å². The van der Waals surface area contributed by atoms with Gasteiger partial charge in [-0.1, -0.05) is 0 Å². The second kappa shape index (κ2) is 4.20. The van der Waals surface area contributed by atoms with Gasteiger partial charge in [-0.15, -0.1) is 0 Å². The van der Waals surface area contributed by atoms with E-state index in [1.807, 2.05) is 13.8 Å². The summed E-state index contributed by atoms with van der Waals surface area (Å²) in [6, 6.07) is -0.492. The molecule has 1 aromatic rings. The first kappa shape index (κ1) is 11.6. The van der Waals surface area contributed by atoms with Crippen molar-refractivity contribution in [2.24, 2.45) is 0 Å². The molecule has 0 aliphatic carbocycles. The maximum atomic E-state index is 12.0. The highest BCUT2D eigenvalue weighted by atomic mass is 16.4. The van der Waals surface area contributed by atoms with Crippen molar-refractivity contribution in [3.63, 3.8) is 0 Å². The number of rotatable bonds is 3. The van der Waals surface area contributed by atoms with Crippen LogP contribution < -0.4 is 0 Å². The Hall–Kier alpha value is -1.85. The number of aromatic nitrogens is 2. The average Bonchev–Trinajstić information content (AvgIpc) is 2.62. The average molecular weight is 237 g/mol. The van der Waals surface area contributed by atoms with Crippen molar-refractivity contribution >= 4 is 11.9 Å². The van der Waals surface area contributed by atoms with Crippen LogP contribution in [0.2, 0.25) is 0 Å². The van der Waals surface area contributed by atoms with Gasteiger partial charge in [0.25, 0.3) is 5.91 Å². The number of hydrogen-bond acceptors (Lipinski definition) is 3. The second-order valence-electron chi connectivity index (χ2n) is 4.44. The third-order valence-electron chi connectivity index (χ3n) is 2.94. The summed E-state index contributed by atoms with van der Waals surface area (Å²) in [7, 11) is 0. The number of carboxylic acids is 1. The molecule has 0 bridgehead atoms. The summed E-state index contributed by atoms with van der Waals surface area (Å²) in [5.41, 5.74) is 0.449. The van der Waals surface area contributed by atoms with E-state index in [9.17, 15) is 9.59 Å². The Labute approximate surface area is 98.8 Å². The molecule has 1 saturated heterocycles. The maximum absolute atomic E-state index is 12.0. The van der Waals surface area contributed by atoms with E-state index in [-0.39, 0.29) is 11.9 Å². The monoisotopic (exact) mass is 237 g/mol. The molecular weight excluding hydrogens is 222 g/mol. The predicted octanol–water partition coefficient (Wildman–Crippen LogP) is 0.763. The Bertz CT molecular complexity index is 453. The van der Waals surface area contributed by atoms with Crippen LogP contribution in [0.3, 0.4) is 0 Å². The molecule has 1 aliphatic rings. The van der Waals surface area contributed by atoms with Crippen molar-refractivity contribution in [3.05, 3.63) is 18.0 Å². The summed E-state index contributed by atoms with van der Waals surface area (Å²) in [4.78, 5) is 24.2. The Morgan fingerprint density at radius 3 is 2.65 bits per heavy atom. The fourth-order valence-electron chi connectivity index (χ4n) is 1.78. The first-order valence-electron chi connectivity index (χ1n) is 5.58. The molecular formula is C11H15N3O3. The van der Waals surface area contributed by atoms with Gasteiger partial charge in [0.1, 0.15) is 6.04 Å². The molecule has 1 amide bonds. The van der Waals surface area contributed by atoms with Crippen molar-refractivity contribution in [1.29, 1.82) is 0 Å². The smallest absolute Gasteiger partial charge is 0.326 e. The number of nitrogens with zero attached hydrogens (tertiary/aromatic N) is 3. The molecule has 1 fully saturated rings. The summed E-state index contributed by atoms with van der Waals surface area (Å²) < 4.78 is 1.68. The van der Waals surface area contributed by atoms with Gasteiger partial charge in [0.05, 0.1) is 11.8 Å². The van der Waals surface area contributed by atoms with Crippen LogP contribution in [0.25, 0.3) is 0 Å². The number of carboxylic acid groups (broad SMARTS) is 1. The van der Waals surface area contributed by atoms with Crippen molar-refractivity contribution in [2.45, 2.75) is 32.4 Å². The molecule has 2 rings (SSSR count). The Morgan fingerprint density at radius 2 is 2.24 bits per heavy atom. The van der Waals surface area contributed by atoms with E-state index in [0.29, 0.717) is 18.5 Å². The van der Waals surface area contributed by atoms with E-state index in [2.05, 4.69) is 5.10 Å². The number of hydrogen-bond donors (Lipinski definition) is 1. The minimum absolute atomic E-state index is 0.184. The van der Waals surface area contributed by atoms with E-state index < -0.39 is 12.0 Å². The molecule has 6 nitrogen and oxygen atoms in total. The third-order valence-corrected chi connectivity index (χ3v) is 2.94. The SMILES string of the molecule is CC(C)n1cc(C(=O)N2CCC2C(=O)O)cn1. The van der Waals surface area contributed by atoms with E-state index in [1.165, 1.54) is 11.1 Å². The Balaban J connectivity index is 2.12. The lowest BCUT2D eigenvalue weighted by molar-refractivity contribution is -0.146. The fraction of sp³-hybridized carbons (Fsp3) is 0.545. The molecule has 17 heavy (non-hydrogen) atoms. The number of amides is 1. The highest BCUT2D eigenvalue weighted by Gasteiger charge is 2.38. The number of likely N-dealkylation sites (tertiary alicyclic amines) is 1. The van der Waals surface area contributed by atoms with Gasteiger partial charge in [-0.2, -0.15) is 5.10 Å². The number of aliphatic carboxylic acids is 1. The van der Waals surface area contributed by atoms with E-state index in [4.69, 9.17) is 5.11 Å². The van der Waals surface area contributed by atoms with Gasteiger partial charge in [-0.3, -0.25) is 9.48 Å². The molecule has 0 radical (unpaired) electrons. The van der Waals surface area contributed by atoms with Gasteiger partial charge in [0.15, 0.2) is 0 Å². The molecule has 0 aromatic carbocycles. The quantitative estimate of drug-likeness (QED) is 0.842. The molecule has 0 saturated carbocycles. The standard InChI is InChI=1S/C11H15N3O3/c1-7(2)14-6-8(5-12-14)10(15)13-4-3-9(13)11(16)17/h5-7,9H,3-4H2,1-2H3,(H,16,17). The predicted molar refractivity (Wildman–Crippen MR) is 59.7 cm³/mol. The largest absolute Gasteiger partial charge is 0.480 e. The Morgan fingerprint density at radius 1 is 1.53 bits per heavy atom. The summed E-state index contributed by atoms with van der Waals surface area (Å²) in [6.07, 6.45) is 3.67. The highest BCUT2D eigenvalue weighted by molar-refractivity contribution is 5.97. The van der Waals surface area contributed by atoms with Crippen LogP contribution in [0.15, 0.2) is 12.4 Å². The van der Waals surface area contributed by atoms with Crippen LogP contribution in [-0.4, -0.2) is 44.3 Å². The molecule has 1 atom stereocenters. The first-order valence-corrected chi connectivity index (χ1v) is 5.58. The molecule has 1 aliphatic heterocycles. The minimum Gasteiger partial charge on any atom is -0.480 e. The second-order valence-corrected chi connectivity index (χ2v) is 4.44. The maximum Gasteiger partial charge on any atom is 0.326 e. The minimum atomic E-state index is -0.944. The van der Waals surface area contributed by atoms with Crippen LogP contribution in [0.5, 0.6) is 0 Å². The van der Waals surface area contributed by atoms with Gasteiger partial charge >= 0.3 is 5.97 Å². The van der Waals surface area contributed by atoms with Crippen molar-refractivity contribution in [3.8, 4) is 0 Å². The zero-order valence-corrected chi connectivity index (χ0v) is 9.83. The topological polar surface area (TPSA) is 75.4 Å². The van der Waals surface area contributed by atoms with Gasteiger partial charge in [0, 0.05) is 18.8 Å². The number of carbonyl (C=O) groups is 2. The first-order chi connectivity index (χ1) is 8.00. The Kier molecular flexibility index (Phi) is 2.87. The van der Waals surface area contributed by atoms with Crippen LogP contribution >= 0.6 is 0 Å². The molecule has 1 N–H and O–H groups in total. The summed E-state index contributed by atoms with van der Waals surface area (Å²) in [5, 5.41) is 12.9. The lowest BCUT2D eigenvalue weighted by Crippen LogP contribution is -2.55. The lowest BCUT2D eigenvalue weighted by Gasteiger charge is -2.37. The molecule has 92 valence electrons. The molecule has 1 aromatic heterocycles. The normalized spacial score (nSPS) is 19.2. The van der Waals surface area contributed by atoms with Crippen molar-refractivity contribution < 1.29 is 14.7 Å². The van der Waals surface area contributed by atoms with Crippen molar-refractivity contribution in [1.82, 2.24) is 14.7 Å². The van der Waals surface area contributed by atoms with Gasteiger partial charge < -0.3 is 10.0 Å². The number of carbonyl (C=O) groups excluding carboxylic acids is 1. The zero-order chi connectivity index (χ0) is 12.6. The van der Waals surface area contributed by atoms with Gasteiger partial charge in [-0.25, -0.2) is 4.79 Å². The fourth-order valence-corrected chi connectivity index (χ4v) is 1.78. The van der Waals surface area contributed by atoms with E-state index >= 15 is 0 Å². The van der Waals surface area contributed by atoms with Gasteiger partial charge in [0.2, 0.25) is 0 Å². The summed E-state index contributed by atoms with van der Waals surface area (Å²) in [6.45, 7) is 4.43. The zero-order valence-electron chi connectivity index (χ0n) is 9.83. The molecule has 0 spiro atoms. The third kappa shape index (κ3) is 2.02. The summed E-state index contributed by atoms with van der Waals surface area (Å²) in [5.74, 6) is -1.20. The molecule has 2 heterocycles. The lowest BCUT2D eigenvalue weighted by atomic mass is 10.0. The van der Waals surface area contributed by atoms with Crippen LogP contribution in [0.1, 0.15) is 36.7 Å². The molecule has 6 heteroatoms. The van der Waals surface area contributed by atoms with Gasteiger partial charge in [-0.05, 0) is 20.3 Å². The molecule has 1 unspecified atom stereocenters. The van der Waals surface area contributed by atoms with Crippen LogP contribution in [0, 0.1) is 0 Å². The van der Waals surface area contributed by atoms with E-state index in [0.717, 1.165) is 0 Å².